The fourth-order valence-electron chi connectivity index (χ4n) is 5.38. The summed E-state index contributed by atoms with van der Waals surface area (Å²) in [5, 5.41) is 3.05. The number of rotatable bonds is 6. The van der Waals surface area contributed by atoms with Crippen molar-refractivity contribution in [2.24, 2.45) is 0 Å². The molecule has 32 heavy (non-hydrogen) atoms. The van der Waals surface area contributed by atoms with Crippen LogP contribution >= 0.6 is 0 Å². The van der Waals surface area contributed by atoms with Crippen molar-refractivity contribution in [3.8, 4) is 0 Å². The van der Waals surface area contributed by atoms with Gasteiger partial charge >= 0.3 is 0 Å². The number of anilines is 1. The number of nitrogens with one attached hydrogen (secondary N) is 1. The number of carbonyl (C=O) groups is 3. The van der Waals surface area contributed by atoms with Gasteiger partial charge in [-0.2, -0.15) is 0 Å². The average molecular weight is 435 g/mol. The number of carbonyl (C=O) groups excluding carboxylic acids is 3. The Balaban J connectivity index is 1.78. The first-order chi connectivity index (χ1) is 15.5. The number of benzene rings is 2. The zero-order chi connectivity index (χ0) is 22.7. The third kappa shape index (κ3) is 3.95. The Morgan fingerprint density at radius 1 is 1.09 bits per heavy atom. The van der Waals surface area contributed by atoms with Crippen molar-refractivity contribution in [1.29, 1.82) is 0 Å². The Morgan fingerprint density at radius 2 is 1.84 bits per heavy atom. The lowest BCUT2D eigenvalue weighted by Gasteiger charge is -2.53. The minimum atomic E-state index is -0.579. The van der Waals surface area contributed by atoms with E-state index < -0.39 is 11.5 Å². The predicted octanol–water partition coefficient (Wildman–Crippen LogP) is 4.42. The smallest absolute Gasteiger partial charge is 0.254 e. The average Bonchev–Trinajstić information content (AvgIpc) is 2.80. The molecule has 2 aliphatic rings. The third-order valence-corrected chi connectivity index (χ3v) is 6.86. The van der Waals surface area contributed by atoms with E-state index in [0.29, 0.717) is 30.0 Å². The molecule has 1 aliphatic carbocycles. The standard InChI is InChI=1S/C26H30N2O4/c1-18(29)19-9-8-10-20(17-19)27-24(30)23-21-11-4-5-12-22(21)25(31)28(15-16-32-2)26(23)13-6-3-7-14-26/h4-5,8-12,17,23H,3,6-7,13-16H2,1-2H3,(H,27,30)/t23-/m0/s1. The van der Waals surface area contributed by atoms with Crippen molar-refractivity contribution in [2.45, 2.75) is 50.5 Å². The summed E-state index contributed by atoms with van der Waals surface area (Å²) >= 11 is 0. The maximum absolute atomic E-state index is 13.8. The van der Waals surface area contributed by atoms with E-state index in [2.05, 4.69) is 5.32 Å². The molecular formula is C26H30N2O4. The molecule has 1 fully saturated rings. The molecule has 6 nitrogen and oxygen atoms in total. The van der Waals surface area contributed by atoms with Crippen molar-refractivity contribution < 1.29 is 19.1 Å². The maximum atomic E-state index is 13.8. The van der Waals surface area contributed by atoms with Crippen LogP contribution in [0, 0.1) is 0 Å². The SMILES string of the molecule is COCCN1C(=O)c2ccccc2[C@@H](C(=O)Nc2cccc(C(C)=O)c2)C12CCCCC2. The fraction of sp³-hybridized carbons (Fsp3) is 0.423. The van der Waals surface area contributed by atoms with Crippen molar-refractivity contribution in [3.05, 3.63) is 65.2 Å². The van der Waals surface area contributed by atoms with Crippen LogP contribution in [-0.2, 0) is 9.53 Å². The maximum Gasteiger partial charge on any atom is 0.254 e. The van der Waals surface area contributed by atoms with Crippen LogP contribution in [0.5, 0.6) is 0 Å². The van der Waals surface area contributed by atoms with Crippen LogP contribution in [0.15, 0.2) is 48.5 Å². The monoisotopic (exact) mass is 434 g/mol. The van der Waals surface area contributed by atoms with E-state index in [9.17, 15) is 14.4 Å². The molecule has 0 unspecified atom stereocenters. The van der Waals surface area contributed by atoms with E-state index in [1.54, 1.807) is 31.4 Å². The largest absolute Gasteiger partial charge is 0.383 e. The molecule has 0 bridgehead atoms. The van der Waals surface area contributed by atoms with Gasteiger partial charge in [0.1, 0.15) is 0 Å². The van der Waals surface area contributed by atoms with Gasteiger partial charge in [-0.3, -0.25) is 14.4 Å². The molecule has 1 spiro atoms. The lowest BCUT2D eigenvalue weighted by molar-refractivity contribution is -0.122. The summed E-state index contributed by atoms with van der Waals surface area (Å²) in [5.41, 5.74) is 1.93. The Morgan fingerprint density at radius 3 is 2.56 bits per heavy atom. The zero-order valence-corrected chi connectivity index (χ0v) is 18.7. The van der Waals surface area contributed by atoms with Gasteiger partial charge in [-0.15, -0.1) is 0 Å². The van der Waals surface area contributed by atoms with E-state index in [4.69, 9.17) is 4.74 Å². The van der Waals surface area contributed by atoms with Crippen molar-refractivity contribution in [2.75, 3.05) is 25.6 Å². The van der Waals surface area contributed by atoms with E-state index in [1.807, 2.05) is 29.2 Å². The molecule has 0 saturated heterocycles. The molecule has 2 aromatic carbocycles. The highest BCUT2D eigenvalue weighted by Gasteiger charge is 2.54. The highest BCUT2D eigenvalue weighted by molar-refractivity contribution is 6.05. The molecule has 0 aromatic heterocycles. The van der Waals surface area contributed by atoms with Gasteiger partial charge < -0.3 is 15.0 Å². The van der Waals surface area contributed by atoms with Crippen molar-refractivity contribution in [3.63, 3.8) is 0 Å². The van der Waals surface area contributed by atoms with E-state index in [-0.39, 0.29) is 17.6 Å². The first-order valence-corrected chi connectivity index (χ1v) is 11.3. The van der Waals surface area contributed by atoms with Gasteiger partial charge in [-0.1, -0.05) is 49.6 Å². The van der Waals surface area contributed by atoms with Crippen LogP contribution in [0.3, 0.4) is 0 Å². The van der Waals surface area contributed by atoms with Crippen LogP contribution in [0.1, 0.15) is 71.2 Å². The second kappa shape index (κ2) is 9.25. The molecule has 2 aromatic rings. The molecule has 1 saturated carbocycles. The molecule has 1 aliphatic heterocycles. The van der Waals surface area contributed by atoms with Gasteiger partial charge in [-0.25, -0.2) is 0 Å². The van der Waals surface area contributed by atoms with Crippen LogP contribution in [-0.4, -0.2) is 48.3 Å². The molecule has 4 rings (SSSR count). The molecule has 1 N–H and O–H groups in total. The summed E-state index contributed by atoms with van der Waals surface area (Å²) < 4.78 is 5.32. The number of hydrogen-bond acceptors (Lipinski definition) is 4. The highest BCUT2D eigenvalue weighted by atomic mass is 16.5. The van der Waals surface area contributed by atoms with Crippen molar-refractivity contribution in [1.82, 2.24) is 4.90 Å². The summed E-state index contributed by atoms with van der Waals surface area (Å²) in [6.07, 6.45) is 4.61. The topological polar surface area (TPSA) is 75.7 Å². The summed E-state index contributed by atoms with van der Waals surface area (Å²) in [5.74, 6) is -0.712. The van der Waals surface area contributed by atoms with E-state index in [1.165, 1.54) is 6.92 Å². The number of amides is 2. The summed E-state index contributed by atoms with van der Waals surface area (Å²) in [4.78, 5) is 41.1. The predicted molar refractivity (Wildman–Crippen MR) is 123 cm³/mol. The van der Waals surface area contributed by atoms with Gasteiger partial charge in [0.25, 0.3) is 5.91 Å². The fourth-order valence-corrected chi connectivity index (χ4v) is 5.38. The molecule has 1 atom stereocenters. The first kappa shape index (κ1) is 22.2. The minimum absolute atomic E-state index is 0.0258. The molecule has 168 valence electrons. The Kier molecular flexibility index (Phi) is 6.42. The number of hydrogen-bond donors (Lipinski definition) is 1. The van der Waals surface area contributed by atoms with Gasteiger partial charge in [0.05, 0.1) is 18.1 Å². The lowest BCUT2D eigenvalue weighted by Crippen LogP contribution is -2.62. The summed E-state index contributed by atoms with van der Waals surface area (Å²) in [7, 11) is 1.63. The Labute approximate surface area is 188 Å². The van der Waals surface area contributed by atoms with Gasteiger partial charge in [0.2, 0.25) is 5.91 Å². The molecule has 0 radical (unpaired) electrons. The first-order valence-electron chi connectivity index (χ1n) is 11.3. The Hall–Kier alpha value is -2.99. The number of Topliss-reactive ketones (excluding diaryl/α,β-unsaturated/α-hetero) is 1. The normalized spacial score (nSPS) is 19.5. The second-order valence-electron chi connectivity index (χ2n) is 8.76. The number of methoxy groups -OCH3 is 1. The van der Waals surface area contributed by atoms with Gasteiger partial charge in [0, 0.05) is 30.5 Å². The van der Waals surface area contributed by atoms with E-state index >= 15 is 0 Å². The molecule has 1 heterocycles. The van der Waals surface area contributed by atoms with Crippen LogP contribution in [0.25, 0.3) is 0 Å². The summed E-state index contributed by atoms with van der Waals surface area (Å²) in [6.45, 7) is 2.38. The third-order valence-electron chi connectivity index (χ3n) is 6.86. The second-order valence-corrected chi connectivity index (χ2v) is 8.76. The number of ketones is 1. The van der Waals surface area contributed by atoms with Crippen LogP contribution in [0.4, 0.5) is 5.69 Å². The zero-order valence-electron chi connectivity index (χ0n) is 18.7. The summed E-state index contributed by atoms with van der Waals surface area (Å²) in [6, 6.07) is 14.5. The van der Waals surface area contributed by atoms with E-state index in [0.717, 1.165) is 37.7 Å². The van der Waals surface area contributed by atoms with Crippen LogP contribution in [0.2, 0.25) is 0 Å². The van der Waals surface area contributed by atoms with Crippen molar-refractivity contribution >= 4 is 23.3 Å². The Bertz CT molecular complexity index is 1030. The number of nitrogens with zero attached hydrogens (tertiary/aromatic N) is 1. The van der Waals surface area contributed by atoms with Gasteiger partial charge in [0.15, 0.2) is 5.78 Å². The minimum Gasteiger partial charge on any atom is -0.383 e. The quantitative estimate of drug-likeness (QED) is 0.683. The molecule has 2 amide bonds. The van der Waals surface area contributed by atoms with Crippen LogP contribution < -0.4 is 5.32 Å². The molecule has 6 heteroatoms. The van der Waals surface area contributed by atoms with Gasteiger partial charge in [-0.05, 0) is 43.5 Å². The highest BCUT2D eigenvalue weighted by Crippen LogP contribution is 2.49. The number of ether oxygens (including phenoxy) is 1. The molecular weight excluding hydrogens is 404 g/mol. The lowest BCUT2D eigenvalue weighted by atomic mass is 9.65. The number of fused-ring (bicyclic) bond motifs is 1.